The van der Waals surface area contributed by atoms with Crippen LogP contribution in [0.15, 0.2) is 24.3 Å². The first-order valence-corrected chi connectivity index (χ1v) is 6.60. The molecule has 0 aliphatic carbocycles. The summed E-state index contributed by atoms with van der Waals surface area (Å²) in [4.78, 5) is 27.9. The highest BCUT2D eigenvalue weighted by Gasteiger charge is 2.30. The minimum absolute atomic E-state index is 0.0889. The minimum atomic E-state index is -0.417. The van der Waals surface area contributed by atoms with E-state index < -0.39 is 5.92 Å². The fourth-order valence-corrected chi connectivity index (χ4v) is 2.45. The van der Waals surface area contributed by atoms with Gasteiger partial charge in [0.1, 0.15) is 0 Å². The lowest BCUT2D eigenvalue weighted by molar-refractivity contribution is -0.146. The Labute approximate surface area is 115 Å². The second-order valence-electron chi connectivity index (χ2n) is 4.73. The number of rotatable bonds is 3. The molecule has 20 heavy (non-hydrogen) atoms. The molecule has 6 heteroatoms. The number of fused-ring (bicyclic) bond motifs is 3. The Hall–Kier alpha value is -2.37. The zero-order chi connectivity index (χ0) is 14.1. The lowest BCUT2D eigenvalue weighted by Crippen LogP contribution is -2.35. The standard InChI is InChI=1S/C14H15N3O3/c1-2-20-12(18)7-9-8-17-11-6-4-3-5-10(11)15-14(17)16-13(9)19/h3-6,9H,2,7-8H2,1H3,(H,15,16,19)/t9-/m0/s1. The van der Waals surface area contributed by atoms with E-state index in [1.54, 1.807) is 6.92 Å². The molecule has 0 radical (unpaired) electrons. The average Bonchev–Trinajstić information content (AvgIpc) is 2.77. The van der Waals surface area contributed by atoms with Gasteiger partial charge in [0.2, 0.25) is 11.9 Å². The molecule has 0 spiro atoms. The van der Waals surface area contributed by atoms with Crippen molar-refractivity contribution in [3.05, 3.63) is 24.3 Å². The van der Waals surface area contributed by atoms with Crippen LogP contribution in [0.4, 0.5) is 5.95 Å². The molecule has 1 atom stereocenters. The lowest BCUT2D eigenvalue weighted by Gasteiger charge is -2.23. The summed E-state index contributed by atoms with van der Waals surface area (Å²) < 4.78 is 6.84. The van der Waals surface area contributed by atoms with Crippen LogP contribution >= 0.6 is 0 Å². The van der Waals surface area contributed by atoms with E-state index >= 15 is 0 Å². The van der Waals surface area contributed by atoms with E-state index in [9.17, 15) is 9.59 Å². The van der Waals surface area contributed by atoms with E-state index in [-0.39, 0.29) is 18.3 Å². The molecule has 3 rings (SSSR count). The number of carbonyl (C=O) groups is 2. The highest BCUT2D eigenvalue weighted by atomic mass is 16.5. The first-order valence-electron chi connectivity index (χ1n) is 6.60. The number of hydrogen-bond acceptors (Lipinski definition) is 4. The molecule has 1 amide bonds. The van der Waals surface area contributed by atoms with Crippen LogP contribution < -0.4 is 5.32 Å². The van der Waals surface area contributed by atoms with Crippen molar-refractivity contribution in [3.63, 3.8) is 0 Å². The fraction of sp³-hybridized carbons (Fsp3) is 0.357. The second kappa shape index (κ2) is 4.96. The Morgan fingerprint density at radius 2 is 2.30 bits per heavy atom. The van der Waals surface area contributed by atoms with Gasteiger partial charge in [-0.15, -0.1) is 0 Å². The van der Waals surface area contributed by atoms with Crippen LogP contribution in [0.3, 0.4) is 0 Å². The molecular weight excluding hydrogens is 258 g/mol. The van der Waals surface area contributed by atoms with Crippen LogP contribution in [0.25, 0.3) is 11.0 Å². The zero-order valence-electron chi connectivity index (χ0n) is 11.1. The maximum Gasteiger partial charge on any atom is 0.306 e. The molecule has 104 valence electrons. The fourth-order valence-electron chi connectivity index (χ4n) is 2.45. The molecule has 1 aromatic carbocycles. The van der Waals surface area contributed by atoms with Gasteiger partial charge in [0.05, 0.1) is 30.0 Å². The third-order valence-electron chi connectivity index (χ3n) is 3.38. The largest absolute Gasteiger partial charge is 0.466 e. The molecule has 0 unspecified atom stereocenters. The van der Waals surface area contributed by atoms with Crippen LogP contribution in [0.1, 0.15) is 13.3 Å². The number of aromatic nitrogens is 2. The van der Waals surface area contributed by atoms with Gasteiger partial charge in [0, 0.05) is 6.54 Å². The molecule has 0 saturated heterocycles. The molecule has 1 aliphatic rings. The monoisotopic (exact) mass is 273 g/mol. The number of carbonyl (C=O) groups excluding carboxylic acids is 2. The van der Waals surface area contributed by atoms with Crippen LogP contribution in [0.5, 0.6) is 0 Å². The van der Waals surface area contributed by atoms with Crippen LogP contribution in [0, 0.1) is 5.92 Å². The third kappa shape index (κ3) is 2.13. The van der Waals surface area contributed by atoms with Crippen molar-refractivity contribution in [1.29, 1.82) is 0 Å². The molecule has 0 bridgehead atoms. The van der Waals surface area contributed by atoms with Gasteiger partial charge < -0.3 is 9.30 Å². The minimum Gasteiger partial charge on any atom is -0.466 e. The van der Waals surface area contributed by atoms with E-state index in [0.717, 1.165) is 11.0 Å². The molecule has 6 nitrogen and oxygen atoms in total. The van der Waals surface area contributed by atoms with Gasteiger partial charge in [0.15, 0.2) is 0 Å². The highest BCUT2D eigenvalue weighted by molar-refractivity contribution is 5.96. The van der Waals surface area contributed by atoms with Gasteiger partial charge in [-0.3, -0.25) is 14.9 Å². The van der Waals surface area contributed by atoms with Crippen molar-refractivity contribution < 1.29 is 14.3 Å². The topological polar surface area (TPSA) is 73.2 Å². The van der Waals surface area contributed by atoms with Gasteiger partial charge in [-0.25, -0.2) is 4.98 Å². The summed E-state index contributed by atoms with van der Waals surface area (Å²) in [6.45, 7) is 2.52. The summed E-state index contributed by atoms with van der Waals surface area (Å²) in [7, 11) is 0. The number of anilines is 1. The smallest absolute Gasteiger partial charge is 0.306 e. The molecular formula is C14H15N3O3. The molecule has 2 aromatic rings. The maximum absolute atomic E-state index is 12.0. The Balaban J connectivity index is 1.89. The number of nitrogens with one attached hydrogen (secondary N) is 1. The SMILES string of the molecule is CCOC(=O)C[C@H]1Cn2c(nc3ccccc32)NC1=O. The molecule has 0 fully saturated rings. The Kier molecular flexibility index (Phi) is 3.14. The predicted molar refractivity (Wildman–Crippen MR) is 73.1 cm³/mol. The van der Waals surface area contributed by atoms with Crippen LogP contribution in [-0.4, -0.2) is 28.0 Å². The molecule has 1 aliphatic heterocycles. The summed E-state index contributed by atoms with van der Waals surface area (Å²) in [5, 5.41) is 2.75. The Morgan fingerprint density at radius 1 is 1.50 bits per heavy atom. The highest BCUT2D eigenvalue weighted by Crippen LogP contribution is 2.26. The van der Waals surface area contributed by atoms with Gasteiger partial charge in [-0.2, -0.15) is 0 Å². The van der Waals surface area contributed by atoms with E-state index in [4.69, 9.17) is 4.74 Å². The molecule has 1 aromatic heterocycles. The third-order valence-corrected chi connectivity index (χ3v) is 3.38. The van der Waals surface area contributed by atoms with Crippen molar-refractivity contribution >= 4 is 28.9 Å². The van der Waals surface area contributed by atoms with E-state index in [1.165, 1.54) is 0 Å². The van der Waals surface area contributed by atoms with Gasteiger partial charge in [0.25, 0.3) is 0 Å². The summed E-state index contributed by atoms with van der Waals surface area (Å²) in [6, 6.07) is 7.67. The lowest BCUT2D eigenvalue weighted by atomic mass is 10.0. The zero-order valence-corrected chi connectivity index (χ0v) is 11.1. The average molecular weight is 273 g/mol. The number of imidazole rings is 1. The second-order valence-corrected chi connectivity index (χ2v) is 4.73. The number of amides is 1. The molecule has 2 heterocycles. The van der Waals surface area contributed by atoms with Crippen LogP contribution in [0.2, 0.25) is 0 Å². The number of hydrogen-bond donors (Lipinski definition) is 1. The quantitative estimate of drug-likeness (QED) is 0.861. The predicted octanol–water partition coefficient (Wildman–Crippen LogP) is 1.56. The summed E-state index contributed by atoms with van der Waals surface area (Å²) in [6.07, 6.45) is 0.0889. The van der Waals surface area contributed by atoms with Crippen molar-refractivity contribution in [2.45, 2.75) is 19.9 Å². The maximum atomic E-state index is 12.0. The van der Waals surface area contributed by atoms with E-state index in [0.29, 0.717) is 19.1 Å². The van der Waals surface area contributed by atoms with Gasteiger partial charge >= 0.3 is 5.97 Å². The van der Waals surface area contributed by atoms with Gasteiger partial charge in [-0.1, -0.05) is 12.1 Å². The van der Waals surface area contributed by atoms with Crippen molar-refractivity contribution in [2.75, 3.05) is 11.9 Å². The summed E-state index contributed by atoms with van der Waals surface area (Å²) in [5.41, 5.74) is 1.79. The van der Waals surface area contributed by atoms with E-state index in [2.05, 4.69) is 10.3 Å². The summed E-state index contributed by atoms with van der Waals surface area (Å²) >= 11 is 0. The number of para-hydroxylation sites is 2. The number of esters is 1. The first kappa shape index (κ1) is 12.7. The molecule has 0 saturated carbocycles. The van der Waals surface area contributed by atoms with Crippen molar-refractivity contribution in [1.82, 2.24) is 9.55 Å². The van der Waals surface area contributed by atoms with E-state index in [1.807, 2.05) is 28.8 Å². The van der Waals surface area contributed by atoms with Gasteiger partial charge in [-0.05, 0) is 19.1 Å². The Morgan fingerprint density at radius 3 is 3.10 bits per heavy atom. The molecule has 1 N–H and O–H groups in total. The number of benzene rings is 1. The summed E-state index contributed by atoms with van der Waals surface area (Å²) in [5.74, 6) is -0.406. The van der Waals surface area contributed by atoms with Crippen molar-refractivity contribution in [3.8, 4) is 0 Å². The number of nitrogens with zero attached hydrogens (tertiary/aromatic N) is 2. The van der Waals surface area contributed by atoms with Crippen LogP contribution in [-0.2, 0) is 20.9 Å². The first-order chi connectivity index (χ1) is 9.69. The Bertz CT molecular complexity index is 677. The normalized spacial score (nSPS) is 17.6. The number of ether oxygens (including phenoxy) is 1. The van der Waals surface area contributed by atoms with Crippen molar-refractivity contribution in [2.24, 2.45) is 5.92 Å².